The molecule has 0 spiro atoms. The molecular weight excluding hydrogens is 512 g/mol. The Morgan fingerprint density at radius 1 is 0.767 bits per heavy atom. The highest BCUT2D eigenvalue weighted by molar-refractivity contribution is 7.16. The first-order chi connectivity index (χ1) is 13.6. The van der Waals surface area contributed by atoms with Crippen LogP contribution in [0.1, 0.15) is 0 Å². The third kappa shape index (κ3) is 6.46. The SMILES string of the molecule is COC(=O)C[n+]1csc2ccccc21.COC(=O)C[n+]1csc2ccccc21.[Br-].[Cl-]. The van der Waals surface area contributed by atoms with E-state index in [-0.39, 0.29) is 54.4 Å². The zero-order chi connectivity index (χ0) is 19.9. The molecule has 160 valence electrons. The van der Waals surface area contributed by atoms with E-state index in [2.05, 4.69) is 9.47 Å². The van der Waals surface area contributed by atoms with Gasteiger partial charge in [0.25, 0.3) is 0 Å². The molecular formula is C20H20BrClN2O4S2. The van der Waals surface area contributed by atoms with E-state index in [0.29, 0.717) is 0 Å². The fourth-order valence-corrected chi connectivity index (χ4v) is 4.38. The Bertz CT molecular complexity index is 1030. The molecule has 0 N–H and O–H groups in total. The van der Waals surface area contributed by atoms with Crippen molar-refractivity contribution in [2.45, 2.75) is 13.1 Å². The van der Waals surface area contributed by atoms with E-state index in [1.807, 2.05) is 68.7 Å². The van der Waals surface area contributed by atoms with Gasteiger partial charge in [0.2, 0.25) is 35.1 Å². The van der Waals surface area contributed by atoms with Gasteiger partial charge in [-0.1, -0.05) is 46.9 Å². The number of fused-ring (bicyclic) bond motifs is 2. The molecule has 2 heterocycles. The molecule has 30 heavy (non-hydrogen) atoms. The van der Waals surface area contributed by atoms with Gasteiger partial charge in [-0.3, -0.25) is 0 Å². The van der Waals surface area contributed by atoms with Crippen LogP contribution >= 0.6 is 22.7 Å². The van der Waals surface area contributed by atoms with Gasteiger partial charge in [0.1, 0.15) is 9.40 Å². The van der Waals surface area contributed by atoms with Gasteiger partial charge in [0.15, 0.2) is 0 Å². The number of aromatic nitrogens is 2. The number of esters is 2. The van der Waals surface area contributed by atoms with E-state index >= 15 is 0 Å². The number of hydrogen-bond donors (Lipinski definition) is 0. The lowest BCUT2D eigenvalue weighted by molar-refractivity contribution is -0.655. The normalized spacial score (nSPS) is 9.67. The van der Waals surface area contributed by atoms with Crippen molar-refractivity contribution in [3.8, 4) is 0 Å². The van der Waals surface area contributed by atoms with Crippen LogP contribution in [0.15, 0.2) is 59.6 Å². The molecule has 2 aromatic heterocycles. The summed E-state index contributed by atoms with van der Waals surface area (Å²) in [5.41, 5.74) is 6.01. The Balaban J connectivity index is 0.000000281. The number of halogens is 2. The van der Waals surface area contributed by atoms with Crippen LogP contribution in [-0.2, 0) is 32.2 Å². The summed E-state index contributed by atoms with van der Waals surface area (Å²) < 4.78 is 15.4. The lowest BCUT2D eigenvalue weighted by Crippen LogP contribution is -3.00. The van der Waals surface area contributed by atoms with E-state index in [9.17, 15) is 9.59 Å². The monoisotopic (exact) mass is 530 g/mol. The van der Waals surface area contributed by atoms with Crippen molar-refractivity contribution in [3.63, 3.8) is 0 Å². The van der Waals surface area contributed by atoms with E-state index in [4.69, 9.17) is 0 Å². The predicted molar refractivity (Wildman–Crippen MR) is 108 cm³/mol. The van der Waals surface area contributed by atoms with Crippen LogP contribution in [0.2, 0.25) is 0 Å². The fraction of sp³-hybridized carbons (Fsp3) is 0.200. The van der Waals surface area contributed by atoms with Crippen molar-refractivity contribution in [1.82, 2.24) is 0 Å². The number of hydrogen-bond acceptors (Lipinski definition) is 6. The Morgan fingerprint density at radius 2 is 1.13 bits per heavy atom. The molecule has 6 nitrogen and oxygen atoms in total. The van der Waals surface area contributed by atoms with Crippen LogP contribution in [-0.4, -0.2) is 26.2 Å². The van der Waals surface area contributed by atoms with Gasteiger partial charge in [0, 0.05) is 12.1 Å². The first-order valence-corrected chi connectivity index (χ1v) is 10.2. The molecule has 2 aromatic carbocycles. The molecule has 10 heteroatoms. The van der Waals surface area contributed by atoms with Crippen LogP contribution in [0.25, 0.3) is 20.4 Å². The highest BCUT2D eigenvalue weighted by Gasteiger charge is 2.16. The third-order valence-corrected chi connectivity index (χ3v) is 5.94. The number of methoxy groups -OCH3 is 2. The van der Waals surface area contributed by atoms with E-state index in [1.165, 1.54) is 23.6 Å². The minimum atomic E-state index is -0.224. The Labute approximate surface area is 198 Å². The van der Waals surface area contributed by atoms with Crippen molar-refractivity contribution in [1.29, 1.82) is 0 Å². The highest BCUT2D eigenvalue weighted by atomic mass is 79.9. The van der Waals surface area contributed by atoms with Gasteiger partial charge in [0.05, 0.1) is 14.2 Å². The number of rotatable bonds is 4. The van der Waals surface area contributed by atoms with Gasteiger partial charge >= 0.3 is 11.9 Å². The molecule has 0 aliphatic carbocycles. The zero-order valence-electron chi connectivity index (χ0n) is 16.3. The largest absolute Gasteiger partial charge is 1.00 e. The molecule has 0 saturated carbocycles. The van der Waals surface area contributed by atoms with Gasteiger partial charge in [-0.05, 0) is 12.1 Å². The Kier molecular flexibility index (Phi) is 10.9. The molecule has 4 aromatic rings. The van der Waals surface area contributed by atoms with Crippen molar-refractivity contribution >= 4 is 55.0 Å². The number of para-hydroxylation sites is 2. The average Bonchev–Trinajstić information content (AvgIpc) is 3.33. The lowest BCUT2D eigenvalue weighted by Gasteiger charge is -1.92. The maximum atomic E-state index is 11.1. The Morgan fingerprint density at radius 3 is 1.50 bits per heavy atom. The molecule has 0 unspecified atom stereocenters. The molecule has 0 bridgehead atoms. The number of carbonyl (C=O) groups is 2. The van der Waals surface area contributed by atoms with Crippen LogP contribution in [0.3, 0.4) is 0 Å². The van der Waals surface area contributed by atoms with Crippen molar-refractivity contribution in [2.75, 3.05) is 14.2 Å². The summed E-state index contributed by atoms with van der Waals surface area (Å²) in [6.45, 7) is 0.557. The molecule has 0 radical (unpaired) electrons. The summed E-state index contributed by atoms with van der Waals surface area (Å²) in [5, 5.41) is 0. The van der Waals surface area contributed by atoms with E-state index < -0.39 is 0 Å². The summed E-state index contributed by atoms with van der Waals surface area (Å²) in [6.07, 6.45) is 0. The second kappa shape index (κ2) is 12.6. The van der Waals surface area contributed by atoms with Crippen molar-refractivity contribution < 1.29 is 57.6 Å². The van der Waals surface area contributed by atoms with Gasteiger partial charge < -0.3 is 38.9 Å². The second-order valence-electron chi connectivity index (χ2n) is 5.79. The lowest BCUT2D eigenvalue weighted by atomic mass is 10.3. The summed E-state index contributed by atoms with van der Waals surface area (Å²) in [7, 11) is 2.80. The summed E-state index contributed by atoms with van der Waals surface area (Å²) >= 11 is 3.24. The standard InChI is InChI=1S/2C10H10NO2S.BrH.ClH/c2*1-13-10(12)6-11-7-14-9-5-3-2-4-8(9)11;;/h2*2-5,7H,6H2,1H3;2*1H/q2*+1;;/p-2. The second-order valence-corrected chi connectivity index (χ2v) is 7.56. The Hall–Kier alpha value is -2.07. The number of ether oxygens (including phenoxy) is 2. The quantitative estimate of drug-likeness (QED) is 0.205. The molecule has 4 rings (SSSR count). The van der Waals surface area contributed by atoms with Crippen LogP contribution in [0.5, 0.6) is 0 Å². The minimum Gasteiger partial charge on any atom is -1.00 e. The van der Waals surface area contributed by atoms with E-state index in [1.54, 1.807) is 22.7 Å². The van der Waals surface area contributed by atoms with Crippen molar-refractivity contribution in [3.05, 3.63) is 59.6 Å². The predicted octanol–water partition coefficient (Wildman–Crippen LogP) is -3.27. The van der Waals surface area contributed by atoms with Gasteiger partial charge in [-0.25, -0.2) is 9.59 Å². The third-order valence-electron chi connectivity index (χ3n) is 4.02. The number of thiazole rings is 2. The molecule has 0 atom stereocenters. The van der Waals surface area contributed by atoms with Crippen LogP contribution in [0, 0.1) is 0 Å². The van der Waals surface area contributed by atoms with Gasteiger partial charge in [-0.15, -0.1) is 0 Å². The fourth-order valence-electron chi connectivity index (χ4n) is 2.59. The minimum absolute atomic E-state index is 0. The molecule has 0 fully saturated rings. The van der Waals surface area contributed by atoms with Crippen LogP contribution < -0.4 is 38.5 Å². The number of benzene rings is 2. The number of nitrogens with zero attached hydrogens (tertiary/aromatic N) is 2. The maximum Gasteiger partial charge on any atom is 0.372 e. The van der Waals surface area contributed by atoms with Crippen LogP contribution in [0.4, 0.5) is 0 Å². The van der Waals surface area contributed by atoms with Gasteiger partial charge in [-0.2, -0.15) is 9.13 Å². The average molecular weight is 532 g/mol. The molecule has 0 aliphatic rings. The zero-order valence-corrected chi connectivity index (χ0v) is 20.3. The highest BCUT2D eigenvalue weighted by Crippen LogP contribution is 2.15. The summed E-state index contributed by atoms with van der Waals surface area (Å²) in [6, 6.07) is 16.0. The molecule has 0 amide bonds. The summed E-state index contributed by atoms with van der Waals surface area (Å²) in [5.74, 6) is -0.447. The molecule has 0 aliphatic heterocycles. The van der Waals surface area contributed by atoms with Crippen molar-refractivity contribution in [2.24, 2.45) is 0 Å². The summed E-state index contributed by atoms with van der Waals surface area (Å²) in [4.78, 5) is 22.2. The first-order valence-electron chi connectivity index (χ1n) is 8.47. The van der Waals surface area contributed by atoms with E-state index in [0.717, 1.165) is 11.0 Å². The topological polar surface area (TPSA) is 60.4 Å². The molecule has 0 saturated heterocycles. The maximum absolute atomic E-state index is 11.1. The first kappa shape index (κ1) is 26.0. The smallest absolute Gasteiger partial charge is 0.372 e. The number of carbonyl (C=O) groups excluding carboxylic acids is 2.